The van der Waals surface area contributed by atoms with Crippen LogP contribution in [-0.2, 0) is 0 Å². The van der Waals surface area contributed by atoms with Crippen molar-refractivity contribution in [1.82, 2.24) is 0 Å². The number of halogens is 2. The molecule has 2 heteroatoms. The van der Waals surface area contributed by atoms with E-state index < -0.39 is 0 Å². The third-order valence-electron chi connectivity index (χ3n) is 1.96. The second kappa shape index (κ2) is 4.74. The van der Waals surface area contributed by atoms with Crippen molar-refractivity contribution in [2.45, 2.75) is 19.3 Å². The van der Waals surface area contributed by atoms with E-state index in [1.807, 2.05) is 18.2 Å². The lowest BCUT2D eigenvalue weighted by Crippen LogP contribution is -1.93. The van der Waals surface area contributed by atoms with E-state index in [1.54, 1.807) is 0 Å². The van der Waals surface area contributed by atoms with Gasteiger partial charge in [-0.1, -0.05) is 30.7 Å². The van der Waals surface area contributed by atoms with Crippen LogP contribution in [0.4, 0.5) is 0 Å². The summed E-state index contributed by atoms with van der Waals surface area (Å²) in [6.07, 6.45) is 1.00. The first-order valence-corrected chi connectivity index (χ1v) is 4.96. The summed E-state index contributed by atoms with van der Waals surface area (Å²) in [6, 6.07) is 7.95. The van der Waals surface area contributed by atoms with Gasteiger partial charge in [-0.3, -0.25) is 0 Å². The van der Waals surface area contributed by atoms with E-state index in [4.69, 9.17) is 23.2 Å². The highest BCUT2D eigenvalue weighted by molar-refractivity contribution is 6.30. The summed E-state index contributed by atoms with van der Waals surface area (Å²) in [5.74, 6) is 1.20. The molecule has 1 aromatic rings. The van der Waals surface area contributed by atoms with Crippen molar-refractivity contribution in [3.8, 4) is 0 Å². The summed E-state index contributed by atoms with van der Waals surface area (Å²) in [5, 5.41) is 0.800. The van der Waals surface area contributed by atoms with Crippen LogP contribution >= 0.6 is 23.2 Å². The Labute approximate surface area is 83.5 Å². The van der Waals surface area contributed by atoms with Gasteiger partial charge in [-0.25, -0.2) is 0 Å². The highest BCUT2D eigenvalue weighted by Gasteiger charge is 2.03. The van der Waals surface area contributed by atoms with E-state index in [0.29, 0.717) is 11.8 Å². The lowest BCUT2D eigenvalue weighted by Gasteiger charge is -2.09. The average molecular weight is 203 g/mol. The predicted octanol–water partition coefficient (Wildman–Crippen LogP) is 4.07. The number of hydrogen-bond donors (Lipinski definition) is 0. The molecule has 0 aromatic heterocycles. The van der Waals surface area contributed by atoms with Crippen molar-refractivity contribution >= 4 is 23.2 Å². The van der Waals surface area contributed by atoms with E-state index in [0.717, 1.165) is 11.4 Å². The van der Waals surface area contributed by atoms with Crippen molar-refractivity contribution < 1.29 is 0 Å². The molecule has 1 atom stereocenters. The van der Waals surface area contributed by atoms with E-state index in [2.05, 4.69) is 13.0 Å². The molecule has 0 aliphatic heterocycles. The minimum absolute atomic E-state index is 0.501. The standard InChI is InChI=1S/C10H12Cl2/c1-8(5-6-11)9-3-2-4-10(12)7-9/h2-4,7-8H,5-6H2,1H3. The molecule has 1 unspecified atom stereocenters. The smallest absolute Gasteiger partial charge is 0.0408 e. The Morgan fingerprint density at radius 3 is 2.75 bits per heavy atom. The summed E-state index contributed by atoms with van der Waals surface area (Å²) in [6.45, 7) is 2.16. The summed E-state index contributed by atoms with van der Waals surface area (Å²) < 4.78 is 0. The fourth-order valence-electron chi connectivity index (χ4n) is 1.14. The maximum atomic E-state index is 5.86. The van der Waals surface area contributed by atoms with Gasteiger partial charge in [-0.05, 0) is 30.0 Å². The van der Waals surface area contributed by atoms with Crippen LogP contribution in [0.15, 0.2) is 24.3 Å². The molecule has 0 fully saturated rings. The fourth-order valence-corrected chi connectivity index (χ4v) is 1.67. The van der Waals surface area contributed by atoms with Crippen molar-refractivity contribution in [3.63, 3.8) is 0 Å². The Hall–Kier alpha value is -0.200. The first-order valence-electron chi connectivity index (χ1n) is 4.05. The van der Waals surface area contributed by atoms with Gasteiger partial charge in [0.2, 0.25) is 0 Å². The molecule has 0 radical (unpaired) electrons. The Balaban J connectivity index is 2.73. The van der Waals surface area contributed by atoms with Crippen molar-refractivity contribution in [2.24, 2.45) is 0 Å². The first-order chi connectivity index (χ1) is 5.74. The topological polar surface area (TPSA) is 0 Å². The van der Waals surface area contributed by atoms with Gasteiger partial charge in [0, 0.05) is 10.9 Å². The van der Waals surface area contributed by atoms with Crippen LogP contribution in [0, 0.1) is 0 Å². The lowest BCUT2D eigenvalue weighted by molar-refractivity contribution is 0.738. The third-order valence-corrected chi connectivity index (χ3v) is 2.41. The molecule has 66 valence electrons. The van der Waals surface area contributed by atoms with Gasteiger partial charge in [0.15, 0.2) is 0 Å². The van der Waals surface area contributed by atoms with E-state index in [9.17, 15) is 0 Å². The van der Waals surface area contributed by atoms with Gasteiger partial charge in [0.1, 0.15) is 0 Å². The highest BCUT2D eigenvalue weighted by atomic mass is 35.5. The molecule has 1 rings (SSSR count). The van der Waals surface area contributed by atoms with Gasteiger partial charge in [0.25, 0.3) is 0 Å². The quantitative estimate of drug-likeness (QED) is 0.649. The monoisotopic (exact) mass is 202 g/mol. The molecule has 1 aromatic carbocycles. The Kier molecular flexibility index (Phi) is 3.90. The van der Waals surface area contributed by atoms with E-state index in [1.165, 1.54) is 5.56 Å². The minimum Gasteiger partial charge on any atom is -0.127 e. The fraction of sp³-hybridized carbons (Fsp3) is 0.400. The molecular weight excluding hydrogens is 191 g/mol. The second-order valence-electron chi connectivity index (χ2n) is 2.93. The van der Waals surface area contributed by atoms with Crippen LogP contribution in [0.25, 0.3) is 0 Å². The molecule has 0 spiro atoms. The van der Waals surface area contributed by atoms with Gasteiger partial charge in [-0.15, -0.1) is 11.6 Å². The van der Waals surface area contributed by atoms with Gasteiger partial charge in [0.05, 0.1) is 0 Å². The van der Waals surface area contributed by atoms with Crippen LogP contribution in [0.3, 0.4) is 0 Å². The highest BCUT2D eigenvalue weighted by Crippen LogP contribution is 2.22. The lowest BCUT2D eigenvalue weighted by atomic mass is 9.99. The molecular formula is C10H12Cl2. The van der Waals surface area contributed by atoms with Crippen LogP contribution in [-0.4, -0.2) is 5.88 Å². The molecule has 0 heterocycles. The SMILES string of the molecule is CC(CCCl)c1cccc(Cl)c1. The summed E-state index contributed by atoms with van der Waals surface area (Å²) in [7, 11) is 0. The largest absolute Gasteiger partial charge is 0.127 e. The zero-order valence-corrected chi connectivity index (χ0v) is 8.57. The Morgan fingerprint density at radius 2 is 2.17 bits per heavy atom. The van der Waals surface area contributed by atoms with Gasteiger partial charge >= 0.3 is 0 Å². The number of alkyl halides is 1. The molecule has 0 aliphatic rings. The molecule has 12 heavy (non-hydrogen) atoms. The summed E-state index contributed by atoms with van der Waals surface area (Å²) >= 11 is 11.5. The van der Waals surface area contributed by atoms with Crippen molar-refractivity contribution in [3.05, 3.63) is 34.9 Å². The van der Waals surface area contributed by atoms with Crippen LogP contribution in [0.5, 0.6) is 0 Å². The number of benzene rings is 1. The van der Waals surface area contributed by atoms with Gasteiger partial charge in [-0.2, -0.15) is 0 Å². The van der Waals surface area contributed by atoms with E-state index in [-0.39, 0.29) is 0 Å². The molecule has 0 saturated heterocycles. The molecule has 0 nitrogen and oxygen atoms in total. The van der Waals surface area contributed by atoms with Gasteiger partial charge < -0.3 is 0 Å². The molecule has 0 aliphatic carbocycles. The first kappa shape index (κ1) is 9.88. The maximum absolute atomic E-state index is 5.86. The number of hydrogen-bond acceptors (Lipinski definition) is 0. The normalized spacial score (nSPS) is 12.9. The molecule has 0 saturated carbocycles. The molecule has 0 amide bonds. The predicted molar refractivity (Wildman–Crippen MR) is 55.2 cm³/mol. The maximum Gasteiger partial charge on any atom is 0.0408 e. The van der Waals surface area contributed by atoms with Crippen molar-refractivity contribution in [1.29, 1.82) is 0 Å². The van der Waals surface area contributed by atoms with Crippen LogP contribution in [0.2, 0.25) is 5.02 Å². The van der Waals surface area contributed by atoms with E-state index >= 15 is 0 Å². The number of rotatable bonds is 3. The molecule has 0 N–H and O–H groups in total. The zero-order chi connectivity index (χ0) is 8.97. The Bertz CT molecular complexity index is 245. The summed E-state index contributed by atoms with van der Waals surface area (Å²) in [4.78, 5) is 0. The molecule has 0 bridgehead atoms. The zero-order valence-electron chi connectivity index (χ0n) is 7.06. The Morgan fingerprint density at radius 1 is 1.42 bits per heavy atom. The van der Waals surface area contributed by atoms with Crippen molar-refractivity contribution in [2.75, 3.05) is 5.88 Å². The third kappa shape index (κ3) is 2.69. The average Bonchev–Trinajstić information content (AvgIpc) is 2.05. The minimum atomic E-state index is 0.501. The summed E-state index contributed by atoms with van der Waals surface area (Å²) in [5.41, 5.74) is 1.27. The second-order valence-corrected chi connectivity index (χ2v) is 3.75. The van der Waals surface area contributed by atoms with Crippen LogP contribution in [0.1, 0.15) is 24.8 Å². The van der Waals surface area contributed by atoms with Crippen LogP contribution < -0.4 is 0 Å².